The molecule has 1 unspecified atom stereocenters. The van der Waals surface area contributed by atoms with Crippen LogP contribution in [0, 0.1) is 0 Å². The van der Waals surface area contributed by atoms with Gasteiger partial charge in [0.15, 0.2) is 4.58 Å². The lowest BCUT2D eigenvalue weighted by Gasteiger charge is -2.40. The van der Waals surface area contributed by atoms with Gasteiger partial charge in [-0.25, -0.2) is 0 Å². The Morgan fingerprint density at radius 2 is 2.31 bits per heavy atom. The number of hydrogen-bond acceptors (Lipinski definition) is 4. The smallest absolute Gasteiger partial charge is 0.281 e. The molecule has 2 aliphatic heterocycles. The average Bonchev–Trinajstić information content (AvgIpc) is 2.00. The highest BCUT2D eigenvalue weighted by Gasteiger charge is 2.41. The lowest BCUT2D eigenvalue weighted by atomic mass is 10.2. The molecule has 0 saturated carbocycles. The van der Waals surface area contributed by atoms with E-state index in [1.807, 2.05) is 0 Å². The van der Waals surface area contributed by atoms with Gasteiger partial charge in [-0.05, 0) is 6.08 Å². The molecule has 13 heavy (non-hydrogen) atoms. The van der Waals surface area contributed by atoms with E-state index in [0.29, 0.717) is 6.42 Å². The number of nitrogens with zero attached hydrogens (tertiary/aromatic N) is 1. The fraction of sp³-hybridized carbons (Fsp3) is 0.500. The van der Waals surface area contributed by atoms with Gasteiger partial charge in [0.25, 0.3) is 10.1 Å². The van der Waals surface area contributed by atoms with Crippen molar-refractivity contribution in [3.8, 4) is 0 Å². The Hall–Kier alpha value is -0.530. The summed E-state index contributed by atoms with van der Waals surface area (Å²) in [6.07, 6.45) is 3.08. The number of carbonyl (C=O) groups is 1. The number of rotatable bonds is 1. The Balaban J connectivity index is 2.19. The Labute approximate surface area is 79.5 Å². The van der Waals surface area contributed by atoms with Crippen LogP contribution in [0.5, 0.6) is 0 Å². The van der Waals surface area contributed by atoms with Crippen LogP contribution >= 0.6 is 11.8 Å². The number of thioether (sulfide) groups is 1. The summed E-state index contributed by atoms with van der Waals surface area (Å²) >= 11 is 1.07. The first-order valence-electron chi connectivity index (χ1n) is 3.60. The Bertz CT molecular complexity index is 374. The van der Waals surface area contributed by atoms with Crippen LogP contribution in [0.2, 0.25) is 0 Å². The van der Waals surface area contributed by atoms with Crippen molar-refractivity contribution in [1.29, 1.82) is 0 Å². The summed E-state index contributed by atoms with van der Waals surface area (Å²) in [5.41, 5.74) is 0. The van der Waals surface area contributed by atoms with E-state index in [9.17, 15) is 13.2 Å². The minimum atomic E-state index is -4.03. The Morgan fingerprint density at radius 3 is 2.77 bits per heavy atom. The summed E-state index contributed by atoms with van der Waals surface area (Å²) in [5, 5.41) is -0.121. The largest absolute Gasteiger partial charge is 0.306 e. The van der Waals surface area contributed by atoms with Crippen LogP contribution in [0.1, 0.15) is 6.42 Å². The minimum absolute atomic E-state index is 0.0115. The fourth-order valence-corrected chi connectivity index (χ4v) is 3.47. The SMILES string of the molecule is O=C1C[C@H]2SC(S(=O)(=O)O)C=CN12. The second-order valence-corrected chi connectivity index (χ2v) is 5.98. The first-order chi connectivity index (χ1) is 5.98. The van der Waals surface area contributed by atoms with Crippen molar-refractivity contribution < 1.29 is 17.8 Å². The molecule has 0 spiro atoms. The molecular formula is C6H7NO4S2. The summed E-state index contributed by atoms with van der Waals surface area (Å²) in [4.78, 5) is 12.3. The zero-order chi connectivity index (χ0) is 9.64. The van der Waals surface area contributed by atoms with Crippen LogP contribution < -0.4 is 0 Å². The molecule has 0 aromatic rings. The molecule has 7 heteroatoms. The molecule has 2 heterocycles. The lowest BCUT2D eigenvalue weighted by Crippen LogP contribution is -2.50. The molecule has 1 N–H and O–H groups in total. The van der Waals surface area contributed by atoms with Crippen molar-refractivity contribution in [3.63, 3.8) is 0 Å². The van der Waals surface area contributed by atoms with Crippen LogP contribution in [-0.2, 0) is 14.9 Å². The van der Waals surface area contributed by atoms with Crippen LogP contribution in [-0.4, -0.2) is 33.7 Å². The van der Waals surface area contributed by atoms with E-state index in [4.69, 9.17) is 4.55 Å². The predicted octanol–water partition coefficient (Wildman–Crippen LogP) is 0.0192. The van der Waals surface area contributed by atoms with E-state index < -0.39 is 14.7 Å². The zero-order valence-corrected chi connectivity index (χ0v) is 8.09. The van der Waals surface area contributed by atoms with Crippen molar-refractivity contribution in [3.05, 3.63) is 12.3 Å². The quantitative estimate of drug-likeness (QED) is 0.499. The first-order valence-corrected chi connectivity index (χ1v) is 6.04. The third kappa shape index (κ3) is 1.47. The van der Waals surface area contributed by atoms with Crippen molar-refractivity contribution >= 4 is 27.8 Å². The summed E-state index contributed by atoms with van der Waals surface area (Å²) in [6, 6.07) is 0. The van der Waals surface area contributed by atoms with E-state index in [1.165, 1.54) is 17.2 Å². The number of β-lactam (4-membered cyclic amide) rings is 1. The van der Waals surface area contributed by atoms with Crippen LogP contribution in [0.25, 0.3) is 0 Å². The van der Waals surface area contributed by atoms with Crippen LogP contribution in [0.15, 0.2) is 12.3 Å². The van der Waals surface area contributed by atoms with Crippen molar-refractivity contribution in [1.82, 2.24) is 4.90 Å². The van der Waals surface area contributed by atoms with Gasteiger partial charge in [0, 0.05) is 6.20 Å². The summed E-state index contributed by atoms with van der Waals surface area (Å²) in [6.45, 7) is 0. The van der Waals surface area contributed by atoms with Gasteiger partial charge in [-0.3, -0.25) is 9.35 Å². The predicted molar refractivity (Wildman–Crippen MR) is 47.3 cm³/mol. The number of hydrogen-bond donors (Lipinski definition) is 1. The maximum absolute atomic E-state index is 10.9. The van der Waals surface area contributed by atoms with Gasteiger partial charge >= 0.3 is 0 Å². The molecular weight excluding hydrogens is 214 g/mol. The third-order valence-electron chi connectivity index (χ3n) is 1.94. The van der Waals surface area contributed by atoms with Gasteiger partial charge < -0.3 is 4.90 Å². The van der Waals surface area contributed by atoms with E-state index in [0.717, 1.165) is 11.8 Å². The number of amides is 1. The van der Waals surface area contributed by atoms with Gasteiger partial charge in [0.2, 0.25) is 5.91 Å². The first kappa shape index (κ1) is 9.04. The van der Waals surface area contributed by atoms with Crippen LogP contribution in [0.3, 0.4) is 0 Å². The summed E-state index contributed by atoms with van der Waals surface area (Å²) < 4.78 is 29.3. The fourth-order valence-electron chi connectivity index (χ4n) is 1.23. The van der Waals surface area contributed by atoms with Gasteiger partial charge in [-0.1, -0.05) is 0 Å². The van der Waals surface area contributed by atoms with E-state index in [-0.39, 0.29) is 11.3 Å². The second-order valence-electron chi connectivity index (χ2n) is 2.82. The molecule has 1 saturated heterocycles. The monoisotopic (exact) mass is 221 g/mol. The average molecular weight is 221 g/mol. The Kier molecular flexibility index (Phi) is 1.90. The highest BCUT2D eigenvalue weighted by atomic mass is 32.3. The molecule has 0 aromatic heterocycles. The summed E-state index contributed by atoms with van der Waals surface area (Å²) in [7, 11) is -4.03. The molecule has 0 aromatic carbocycles. The van der Waals surface area contributed by atoms with E-state index in [2.05, 4.69) is 0 Å². The molecule has 2 rings (SSSR count). The van der Waals surface area contributed by atoms with Gasteiger partial charge in [-0.15, -0.1) is 11.8 Å². The van der Waals surface area contributed by atoms with Crippen molar-refractivity contribution in [2.45, 2.75) is 16.4 Å². The standard InChI is InChI=1S/C6H7NO4S2/c8-4-3-5-7(4)2-1-6(12-5)13(9,10)11/h1-2,5-6H,3H2,(H,9,10,11)/t5-,6?/m1/s1. The molecule has 1 fully saturated rings. The molecule has 5 nitrogen and oxygen atoms in total. The van der Waals surface area contributed by atoms with Crippen LogP contribution in [0.4, 0.5) is 0 Å². The maximum Gasteiger partial charge on any atom is 0.281 e. The second kappa shape index (κ2) is 2.73. The minimum Gasteiger partial charge on any atom is -0.306 e. The maximum atomic E-state index is 10.9. The van der Waals surface area contributed by atoms with Gasteiger partial charge in [0.05, 0.1) is 11.8 Å². The lowest BCUT2D eigenvalue weighted by molar-refractivity contribution is -0.137. The van der Waals surface area contributed by atoms with Crippen molar-refractivity contribution in [2.24, 2.45) is 0 Å². The molecule has 2 atom stereocenters. The van der Waals surface area contributed by atoms with Gasteiger partial charge in [-0.2, -0.15) is 8.42 Å². The van der Waals surface area contributed by atoms with Gasteiger partial charge in [0.1, 0.15) is 0 Å². The number of fused-ring (bicyclic) bond motifs is 1. The molecule has 0 bridgehead atoms. The summed E-state index contributed by atoms with van der Waals surface area (Å²) in [5.74, 6) is -0.0115. The topological polar surface area (TPSA) is 74.7 Å². The highest BCUT2D eigenvalue weighted by molar-refractivity contribution is 8.12. The zero-order valence-electron chi connectivity index (χ0n) is 6.45. The highest BCUT2D eigenvalue weighted by Crippen LogP contribution is 2.38. The van der Waals surface area contributed by atoms with Crippen molar-refractivity contribution in [2.75, 3.05) is 0 Å². The van der Waals surface area contributed by atoms with E-state index >= 15 is 0 Å². The third-order valence-corrected chi connectivity index (χ3v) is 4.88. The Morgan fingerprint density at radius 1 is 1.62 bits per heavy atom. The molecule has 1 amide bonds. The number of carbonyl (C=O) groups excluding carboxylic acids is 1. The molecule has 0 radical (unpaired) electrons. The molecule has 2 aliphatic rings. The normalized spacial score (nSPS) is 32.7. The molecule has 0 aliphatic carbocycles. The van der Waals surface area contributed by atoms with E-state index in [1.54, 1.807) is 0 Å². The molecule has 72 valence electrons.